The lowest BCUT2D eigenvalue weighted by Crippen LogP contribution is -2.17. The third kappa shape index (κ3) is 6.84. The summed E-state index contributed by atoms with van der Waals surface area (Å²) < 4.78 is 0. The summed E-state index contributed by atoms with van der Waals surface area (Å²) in [5.41, 5.74) is 1.23. The molecule has 0 bridgehead atoms. The highest BCUT2D eigenvalue weighted by atomic mass is 16.3. The maximum atomic E-state index is 10.0. The fourth-order valence-electron chi connectivity index (χ4n) is 1.77. The maximum absolute atomic E-state index is 10.0. The summed E-state index contributed by atoms with van der Waals surface area (Å²) in [6.07, 6.45) is 9.31. The fourth-order valence-corrected chi connectivity index (χ4v) is 1.77. The van der Waals surface area contributed by atoms with Crippen molar-refractivity contribution in [2.45, 2.75) is 60.0 Å². The average Bonchev–Trinajstić information content (AvgIpc) is 2.25. The molecule has 0 aromatic heterocycles. The quantitative estimate of drug-likeness (QED) is 0.638. The van der Waals surface area contributed by atoms with Gasteiger partial charge in [0.25, 0.3) is 0 Å². The number of allylic oxidation sites excluding steroid dienone is 3. The van der Waals surface area contributed by atoms with E-state index in [0.29, 0.717) is 0 Å². The summed E-state index contributed by atoms with van der Waals surface area (Å²) in [5, 5.41) is 10.0. The zero-order valence-corrected chi connectivity index (χ0v) is 11.5. The molecular formula is C15H28O. The Bertz CT molecular complexity index is 228. The van der Waals surface area contributed by atoms with Crippen LogP contribution in [0, 0.1) is 11.8 Å². The van der Waals surface area contributed by atoms with Gasteiger partial charge in [-0.05, 0) is 32.6 Å². The Morgan fingerprint density at radius 2 is 1.88 bits per heavy atom. The number of aliphatic hydroxyl groups is 1. The van der Waals surface area contributed by atoms with Crippen LogP contribution in [-0.4, -0.2) is 11.2 Å². The van der Waals surface area contributed by atoms with Crippen molar-refractivity contribution >= 4 is 0 Å². The van der Waals surface area contributed by atoms with Crippen molar-refractivity contribution in [3.8, 4) is 0 Å². The number of hydrogen-bond donors (Lipinski definition) is 1. The standard InChI is InChI=1S/C15H28O/c1-6-8-13(4)11-14(5)15(16)10-9-12(3)7-2/h6,8,11-12,14-16H,7,9-10H2,1-5H3. The van der Waals surface area contributed by atoms with E-state index in [-0.39, 0.29) is 12.0 Å². The molecular weight excluding hydrogens is 196 g/mol. The Morgan fingerprint density at radius 1 is 1.25 bits per heavy atom. The van der Waals surface area contributed by atoms with Crippen molar-refractivity contribution in [2.24, 2.45) is 11.8 Å². The lowest BCUT2D eigenvalue weighted by Gasteiger charge is -2.18. The minimum absolute atomic E-state index is 0.200. The number of hydrogen-bond acceptors (Lipinski definition) is 1. The van der Waals surface area contributed by atoms with Gasteiger partial charge in [-0.25, -0.2) is 0 Å². The number of rotatable bonds is 7. The van der Waals surface area contributed by atoms with E-state index in [9.17, 15) is 5.11 Å². The first-order chi connectivity index (χ1) is 7.51. The second kappa shape index (κ2) is 8.58. The normalized spacial score (nSPS) is 18.8. The fraction of sp³-hybridized carbons (Fsp3) is 0.733. The van der Waals surface area contributed by atoms with Crippen molar-refractivity contribution in [3.63, 3.8) is 0 Å². The van der Waals surface area contributed by atoms with Gasteiger partial charge in [0.1, 0.15) is 0 Å². The van der Waals surface area contributed by atoms with Gasteiger partial charge in [0.2, 0.25) is 0 Å². The molecule has 0 aliphatic carbocycles. The Morgan fingerprint density at radius 3 is 2.38 bits per heavy atom. The van der Waals surface area contributed by atoms with Gasteiger partial charge in [-0.2, -0.15) is 0 Å². The third-order valence-electron chi connectivity index (χ3n) is 3.21. The molecule has 0 saturated carbocycles. The minimum atomic E-state index is -0.200. The molecule has 0 aromatic carbocycles. The van der Waals surface area contributed by atoms with Gasteiger partial charge in [-0.3, -0.25) is 0 Å². The van der Waals surface area contributed by atoms with Crippen LogP contribution in [0.5, 0.6) is 0 Å². The van der Waals surface area contributed by atoms with Gasteiger partial charge >= 0.3 is 0 Å². The van der Waals surface area contributed by atoms with Crippen LogP contribution in [0.25, 0.3) is 0 Å². The summed E-state index contributed by atoms with van der Waals surface area (Å²) in [7, 11) is 0. The van der Waals surface area contributed by atoms with E-state index in [1.165, 1.54) is 12.0 Å². The molecule has 0 spiro atoms. The van der Waals surface area contributed by atoms with E-state index >= 15 is 0 Å². The monoisotopic (exact) mass is 224 g/mol. The second-order valence-corrected chi connectivity index (χ2v) is 4.93. The molecule has 0 aromatic rings. The first kappa shape index (κ1) is 15.4. The molecule has 0 aliphatic heterocycles. The molecule has 94 valence electrons. The topological polar surface area (TPSA) is 20.2 Å². The molecule has 3 unspecified atom stereocenters. The first-order valence-corrected chi connectivity index (χ1v) is 6.50. The molecule has 16 heavy (non-hydrogen) atoms. The molecule has 1 heteroatoms. The van der Waals surface area contributed by atoms with Crippen LogP contribution in [0.3, 0.4) is 0 Å². The summed E-state index contributed by atoms with van der Waals surface area (Å²) in [5.74, 6) is 0.975. The predicted molar refractivity (Wildman–Crippen MR) is 72.4 cm³/mol. The molecule has 0 fully saturated rings. The van der Waals surface area contributed by atoms with E-state index in [4.69, 9.17) is 0 Å². The van der Waals surface area contributed by atoms with Crippen LogP contribution < -0.4 is 0 Å². The molecule has 1 N–H and O–H groups in total. The van der Waals surface area contributed by atoms with Gasteiger partial charge in [0.05, 0.1) is 6.10 Å². The zero-order valence-electron chi connectivity index (χ0n) is 11.5. The zero-order chi connectivity index (χ0) is 12.6. The van der Waals surface area contributed by atoms with Crippen LogP contribution in [-0.2, 0) is 0 Å². The SMILES string of the molecule is CC=CC(C)=CC(C)C(O)CCC(C)CC. The third-order valence-corrected chi connectivity index (χ3v) is 3.21. The summed E-state index contributed by atoms with van der Waals surface area (Å²) in [4.78, 5) is 0. The van der Waals surface area contributed by atoms with Crippen LogP contribution in [0.1, 0.15) is 53.9 Å². The molecule has 0 aliphatic rings. The van der Waals surface area contributed by atoms with Crippen LogP contribution in [0.4, 0.5) is 0 Å². The largest absolute Gasteiger partial charge is 0.393 e. The maximum Gasteiger partial charge on any atom is 0.0600 e. The summed E-state index contributed by atoms with van der Waals surface area (Å²) in [6, 6.07) is 0. The van der Waals surface area contributed by atoms with E-state index in [1.54, 1.807) is 0 Å². The highest BCUT2D eigenvalue weighted by Gasteiger charge is 2.12. The Kier molecular flexibility index (Phi) is 8.28. The van der Waals surface area contributed by atoms with Crippen molar-refractivity contribution in [1.82, 2.24) is 0 Å². The Labute approximate surface area is 101 Å². The highest BCUT2D eigenvalue weighted by molar-refractivity contribution is 5.16. The lowest BCUT2D eigenvalue weighted by molar-refractivity contribution is 0.120. The Hall–Kier alpha value is -0.560. The van der Waals surface area contributed by atoms with Crippen LogP contribution in [0.15, 0.2) is 23.8 Å². The van der Waals surface area contributed by atoms with Crippen molar-refractivity contribution in [3.05, 3.63) is 23.8 Å². The van der Waals surface area contributed by atoms with Gasteiger partial charge in [-0.1, -0.05) is 51.0 Å². The molecule has 0 rings (SSSR count). The molecule has 3 atom stereocenters. The van der Waals surface area contributed by atoms with Crippen molar-refractivity contribution < 1.29 is 5.11 Å². The molecule has 0 radical (unpaired) electrons. The van der Waals surface area contributed by atoms with E-state index in [2.05, 4.69) is 39.8 Å². The second-order valence-electron chi connectivity index (χ2n) is 4.93. The van der Waals surface area contributed by atoms with Gasteiger partial charge in [0.15, 0.2) is 0 Å². The minimum Gasteiger partial charge on any atom is -0.393 e. The van der Waals surface area contributed by atoms with Crippen LogP contribution in [0.2, 0.25) is 0 Å². The van der Waals surface area contributed by atoms with E-state index in [1.807, 2.05) is 13.0 Å². The average molecular weight is 224 g/mol. The smallest absolute Gasteiger partial charge is 0.0600 e. The Balaban J connectivity index is 4.08. The lowest BCUT2D eigenvalue weighted by atomic mass is 9.93. The predicted octanol–water partition coefficient (Wildman–Crippen LogP) is 4.33. The van der Waals surface area contributed by atoms with E-state index < -0.39 is 0 Å². The summed E-state index contributed by atoms with van der Waals surface area (Å²) >= 11 is 0. The van der Waals surface area contributed by atoms with Gasteiger partial charge in [0, 0.05) is 5.92 Å². The first-order valence-electron chi connectivity index (χ1n) is 6.50. The summed E-state index contributed by atoms with van der Waals surface area (Å²) in [6.45, 7) is 10.6. The van der Waals surface area contributed by atoms with Gasteiger partial charge in [-0.15, -0.1) is 0 Å². The highest BCUT2D eigenvalue weighted by Crippen LogP contribution is 2.17. The van der Waals surface area contributed by atoms with E-state index in [0.717, 1.165) is 18.8 Å². The van der Waals surface area contributed by atoms with Crippen molar-refractivity contribution in [1.29, 1.82) is 0 Å². The molecule has 0 saturated heterocycles. The van der Waals surface area contributed by atoms with Crippen LogP contribution >= 0.6 is 0 Å². The van der Waals surface area contributed by atoms with Crippen molar-refractivity contribution in [2.75, 3.05) is 0 Å². The molecule has 1 nitrogen and oxygen atoms in total. The van der Waals surface area contributed by atoms with Gasteiger partial charge < -0.3 is 5.11 Å². The molecule has 0 heterocycles. The molecule has 0 amide bonds. The number of aliphatic hydroxyl groups excluding tert-OH is 1.